The van der Waals surface area contributed by atoms with Crippen molar-refractivity contribution in [3.05, 3.63) is 97.6 Å². The van der Waals surface area contributed by atoms with Gasteiger partial charge in [0.05, 0.1) is 20.4 Å². The van der Waals surface area contributed by atoms with Crippen molar-refractivity contribution in [3.63, 3.8) is 0 Å². The van der Waals surface area contributed by atoms with Crippen LogP contribution in [0.5, 0.6) is 11.5 Å². The van der Waals surface area contributed by atoms with Crippen molar-refractivity contribution in [1.82, 2.24) is 4.90 Å². The first-order valence-corrected chi connectivity index (χ1v) is 12.2. The third-order valence-electron chi connectivity index (χ3n) is 5.29. The lowest BCUT2D eigenvalue weighted by Gasteiger charge is -2.13. The Balaban J connectivity index is 1.54. The molecular weight excluding hydrogens is 582 g/mol. The van der Waals surface area contributed by atoms with Gasteiger partial charge in [-0.1, -0.05) is 29.8 Å². The molecule has 1 aliphatic heterocycles. The molecule has 0 spiro atoms. The molecular formula is C25H14ClF4N3O6S. The molecule has 1 fully saturated rings. The Kier molecular flexibility index (Phi) is 8.11. The molecule has 0 bridgehead atoms. The third-order valence-corrected chi connectivity index (χ3v) is 6.48. The van der Waals surface area contributed by atoms with Gasteiger partial charge in [0.2, 0.25) is 11.7 Å². The fraction of sp³-hybridized carbons (Fsp3) is 0.0800. The summed E-state index contributed by atoms with van der Waals surface area (Å²) in [5.74, 6) is -2.82. The molecule has 40 heavy (non-hydrogen) atoms. The Bertz CT molecular complexity index is 1580. The highest BCUT2D eigenvalue weighted by Crippen LogP contribution is 2.40. The van der Waals surface area contributed by atoms with Crippen molar-refractivity contribution >= 4 is 57.9 Å². The maximum absolute atomic E-state index is 13.3. The van der Waals surface area contributed by atoms with Gasteiger partial charge in [-0.15, -0.1) is 0 Å². The number of nitrogens with zero attached hydrogens (tertiary/aromatic N) is 2. The number of hydrogen-bond donors (Lipinski definition) is 1. The van der Waals surface area contributed by atoms with Gasteiger partial charge in [-0.3, -0.25) is 29.4 Å². The van der Waals surface area contributed by atoms with Gasteiger partial charge in [0, 0.05) is 17.3 Å². The normalized spacial score (nSPS) is 14.5. The van der Waals surface area contributed by atoms with Crippen LogP contribution in [0, 0.1) is 15.9 Å². The van der Waals surface area contributed by atoms with Crippen LogP contribution in [0.15, 0.2) is 65.6 Å². The summed E-state index contributed by atoms with van der Waals surface area (Å²) in [7, 11) is 0. The summed E-state index contributed by atoms with van der Waals surface area (Å²) in [6.45, 7) is -0.660. The number of carbonyl (C=O) groups excluding carboxylic acids is 3. The summed E-state index contributed by atoms with van der Waals surface area (Å²) in [6.07, 6.45) is -3.57. The number of nitro groups is 1. The summed E-state index contributed by atoms with van der Waals surface area (Å²) in [6, 6.07) is 11.0. The predicted octanol–water partition coefficient (Wildman–Crippen LogP) is 6.87. The van der Waals surface area contributed by atoms with Crippen molar-refractivity contribution in [2.75, 3.05) is 11.9 Å². The van der Waals surface area contributed by atoms with E-state index in [4.69, 9.17) is 16.3 Å². The summed E-state index contributed by atoms with van der Waals surface area (Å²) in [5.41, 5.74) is -1.85. The Morgan fingerprint density at radius 2 is 1.82 bits per heavy atom. The number of alkyl halides is 3. The first-order chi connectivity index (χ1) is 18.8. The predicted molar refractivity (Wildman–Crippen MR) is 137 cm³/mol. The van der Waals surface area contributed by atoms with Crippen LogP contribution in [-0.2, 0) is 15.8 Å². The van der Waals surface area contributed by atoms with Crippen LogP contribution in [0.25, 0.3) is 6.08 Å². The number of carbonyl (C=O) groups is 3. The first kappa shape index (κ1) is 28.6. The number of thioether (sulfide) groups is 1. The lowest BCUT2D eigenvalue weighted by Crippen LogP contribution is -2.36. The number of imide groups is 1. The number of nitrogens with one attached hydrogen (secondary N) is 1. The van der Waals surface area contributed by atoms with Crippen LogP contribution in [0.1, 0.15) is 11.1 Å². The lowest BCUT2D eigenvalue weighted by atomic mass is 10.1. The van der Waals surface area contributed by atoms with E-state index in [-0.39, 0.29) is 26.9 Å². The number of rotatable bonds is 7. The second kappa shape index (κ2) is 11.4. The molecule has 3 aromatic carbocycles. The van der Waals surface area contributed by atoms with Crippen molar-refractivity contribution < 1.29 is 41.6 Å². The minimum absolute atomic E-state index is 0.0527. The van der Waals surface area contributed by atoms with E-state index in [9.17, 15) is 42.1 Å². The number of hydrogen-bond acceptors (Lipinski definition) is 7. The Morgan fingerprint density at radius 3 is 2.50 bits per heavy atom. The molecule has 3 aromatic rings. The summed E-state index contributed by atoms with van der Waals surface area (Å²) in [5, 5.41) is 12.8. The van der Waals surface area contributed by atoms with Crippen molar-refractivity contribution in [3.8, 4) is 11.5 Å². The molecule has 206 valence electrons. The molecule has 0 aromatic heterocycles. The molecule has 0 atom stereocenters. The standard InChI is InChI=1S/C25H14ClF4N3O6S/c26-16-11-15(6-7-17(16)27)31-22(34)12-32-23(35)21(40-24(32)36)9-13-3-1-2-4-19(13)39-20-8-5-14(25(28,29)30)10-18(20)33(37)38/h1-11H,12H2,(H,31,34)/b21-9+. The highest BCUT2D eigenvalue weighted by Gasteiger charge is 2.37. The lowest BCUT2D eigenvalue weighted by molar-refractivity contribution is -0.385. The van der Waals surface area contributed by atoms with E-state index in [2.05, 4.69) is 5.32 Å². The number of amides is 3. The topological polar surface area (TPSA) is 119 Å². The van der Waals surface area contributed by atoms with Crippen LogP contribution in [-0.4, -0.2) is 33.4 Å². The van der Waals surface area contributed by atoms with E-state index < -0.39 is 57.5 Å². The van der Waals surface area contributed by atoms with Gasteiger partial charge >= 0.3 is 11.9 Å². The average Bonchev–Trinajstić information content (AvgIpc) is 3.14. The van der Waals surface area contributed by atoms with Gasteiger partial charge in [-0.2, -0.15) is 13.2 Å². The molecule has 1 N–H and O–H groups in total. The van der Waals surface area contributed by atoms with Crippen molar-refractivity contribution in [2.24, 2.45) is 0 Å². The molecule has 1 aliphatic rings. The van der Waals surface area contributed by atoms with Crippen molar-refractivity contribution in [1.29, 1.82) is 0 Å². The van der Waals surface area contributed by atoms with Crippen LogP contribution >= 0.6 is 23.4 Å². The number of anilines is 1. The zero-order valence-electron chi connectivity index (χ0n) is 19.7. The molecule has 0 saturated carbocycles. The summed E-state index contributed by atoms with van der Waals surface area (Å²) >= 11 is 6.19. The molecule has 3 amide bonds. The maximum Gasteiger partial charge on any atom is 0.416 e. The van der Waals surface area contributed by atoms with E-state index in [1.807, 2.05) is 0 Å². The molecule has 0 unspecified atom stereocenters. The fourth-order valence-corrected chi connectivity index (χ4v) is 4.44. The molecule has 0 radical (unpaired) electrons. The largest absolute Gasteiger partial charge is 0.449 e. The first-order valence-electron chi connectivity index (χ1n) is 11.0. The van der Waals surface area contributed by atoms with E-state index in [1.54, 1.807) is 0 Å². The Labute approximate surface area is 231 Å². The zero-order chi connectivity index (χ0) is 29.2. The van der Waals surface area contributed by atoms with Gasteiger partial charge in [0.25, 0.3) is 11.1 Å². The van der Waals surface area contributed by atoms with Gasteiger partial charge < -0.3 is 10.1 Å². The van der Waals surface area contributed by atoms with Crippen LogP contribution in [0.2, 0.25) is 5.02 Å². The SMILES string of the molecule is O=C(CN1C(=O)S/C(=C/c2ccccc2Oc2ccc(C(F)(F)F)cc2[N+](=O)[O-])C1=O)Nc1ccc(F)c(Cl)c1. The Morgan fingerprint density at radius 1 is 1.10 bits per heavy atom. The van der Waals surface area contributed by atoms with E-state index >= 15 is 0 Å². The molecule has 1 saturated heterocycles. The number of ether oxygens (including phenoxy) is 1. The Hall–Kier alpha value is -4.43. The minimum Gasteiger partial charge on any atom is -0.449 e. The van der Waals surface area contributed by atoms with Crippen molar-refractivity contribution in [2.45, 2.75) is 6.18 Å². The van der Waals surface area contributed by atoms with E-state index in [0.29, 0.717) is 28.8 Å². The smallest absolute Gasteiger partial charge is 0.416 e. The minimum atomic E-state index is -4.81. The van der Waals surface area contributed by atoms with Crippen LogP contribution < -0.4 is 10.1 Å². The fourth-order valence-electron chi connectivity index (χ4n) is 3.43. The molecule has 1 heterocycles. The van der Waals surface area contributed by atoms with Gasteiger partial charge in [-0.05, 0) is 54.2 Å². The van der Waals surface area contributed by atoms with Gasteiger partial charge in [0.1, 0.15) is 18.1 Å². The summed E-state index contributed by atoms with van der Waals surface area (Å²) < 4.78 is 57.9. The number of nitro benzene ring substituents is 1. The number of para-hydroxylation sites is 1. The summed E-state index contributed by atoms with van der Waals surface area (Å²) in [4.78, 5) is 48.7. The second-order valence-corrected chi connectivity index (χ2v) is 9.42. The number of benzene rings is 3. The molecule has 9 nitrogen and oxygen atoms in total. The molecule has 15 heteroatoms. The van der Waals surface area contributed by atoms with E-state index in [1.165, 1.54) is 36.4 Å². The highest BCUT2D eigenvalue weighted by molar-refractivity contribution is 8.18. The van der Waals surface area contributed by atoms with Gasteiger partial charge in [0.15, 0.2) is 0 Å². The highest BCUT2D eigenvalue weighted by atomic mass is 35.5. The zero-order valence-corrected chi connectivity index (χ0v) is 21.3. The van der Waals surface area contributed by atoms with E-state index in [0.717, 1.165) is 18.2 Å². The molecule has 4 rings (SSSR count). The van der Waals surface area contributed by atoms with Crippen LogP contribution in [0.3, 0.4) is 0 Å². The van der Waals surface area contributed by atoms with Gasteiger partial charge in [-0.25, -0.2) is 4.39 Å². The third kappa shape index (κ3) is 6.40. The monoisotopic (exact) mass is 595 g/mol. The van der Waals surface area contributed by atoms with Crippen LogP contribution in [0.4, 0.5) is 33.7 Å². The quantitative estimate of drug-likeness (QED) is 0.137. The second-order valence-electron chi connectivity index (χ2n) is 8.02. The number of halogens is 5. The molecule has 0 aliphatic carbocycles. The average molecular weight is 596 g/mol. The maximum atomic E-state index is 13.3.